The highest BCUT2D eigenvalue weighted by Gasteiger charge is 2.32. The molecule has 3 heterocycles. The lowest BCUT2D eigenvalue weighted by Gasteiger charge is -2.37. The lowest BCUT2D eigenvalue weighted by molar-refractivity contribution is -0.135. The first-order valence-electron chi connectivity index (χ1n) is 9.53. The molecule has 2 aliphatic rings. The zero-order valence-corrected chi connectivity index (χ0v) is 16.0. The van der Waals surface area contributed by atoms with Gasteiger partial charge in [-0.25, -0.2) is 0 Å². The number of nitrogens with zero attached hydrogens (tertiary/aromatic N) is 3. The SMILES string of the molecule is CN(CC(=O)N1CC[C@@H](c2ccc3c(c2)OCO3)[C@H](O)C1)Cc1ccncc1. The van der Waals surface area contributed by atoms with Crippen molar-refractivity contribution in [1.29, 1.82) is 0 Å². The van der Waals surface area contributed by atoms with Crippen molar-refractivity contribution in [3.63, 3.8) is 0 Å². The molecule has 7 heteroatoms. The number of hydrogen-bond acceptors (Lipinski definition) is 6. The van der Waals surface area contributed by atoms with Crippen molar-refractivity contribution in [1.82, 2.24) is 14.8 Å². The van der Waals surface area contributed by atoms with Crippen LogP contribution in [0.5, 0.6) is 11.5 Å². The first-order valence-corrected chi connectivity index (χ1v) is 9.53. The van der Waals surface area contributed by atoms with E-state index in [0.29, 0.717) is 26.2 Å². The monoisotopic (exact) mass is 383 g/mol. The molecule has 0 bridgehead atoms. The van der Waals surface area contributed by atoms with Crippen LogP contribution in [0.2, 0.25) is 0 Å². The molecule has 2 atom stereocenters. The molecule has 7 nitrogen and oxygen atoms in total. The molecule has 1 saturated heterocycles. The predicted octanol–water partition coefficient (Wildman–Crippen LogP) is 1.62. The van der Waals surface area contributed by atoms with Gasteiger partial charge in [-0.1, -0.05) is 6.07 Å². The van der Waals surface area contributed by atoms with E-state index in [-0.39, 0.29) is 18.6 Å². The average molecular weight is 383 g/mol. The van der Waals surface area contributed by atoms with Crippen LogP contribution in [0.1, 0.15) is 23.5 Å². The fourth-order valence-electron chi connectivity index (χ4n) is 3.88. The standard InChI is InChI=1S/C21H25N3O4/c1-23(11-15-4-7-22-8-5-15)13-21(26)24-9-6-17(18(25)12-24)16-2-3-19-20(10-16)28-14-27-19/h2-5,7-8,10,17-18,25H,6,9,11-14H2,1H3/t17-,18+/m0/s1. The molecule has 0 radical (unpaired) electrons. The van der Waals surface area contributed by atoms with Crippen LogP contribution in [0, 0.1) is 0 Å². The number of likely N-dealkylation sites (N-methyl/N-ethyl adjacent to an activating group) is 1. The number of carbonyl (C=O) groups is 1. The highest BCUT2D eigenvalue weighted by Crippen LogP contribution is 2.37. The number of rotatable bonds is 5. The van der Waals surface area contributed by atoms with E-state index in [9.17, 15) is 9.90 Å². The lowest BCUT2D eigenvalue weighted by Crippen LogP contribution is -2.48. The first-order chi connectivity index (χ1) is 13.6. The first kappa shape index (κ1) is 18.7. The number of aromatic nitrogens is 1. The summed E-state index contributed by atoms with van der Waals surface area (Å²) in [5.74, 6) is 1.50. The van der Waals surface area contributed by atoms with Crippen molar-refractivity contribution in [3.05, 3.63) is 53.9 Å². The summed E-state index contributed by atoms with van der Waals surface area (Å²) in [6, 6.07) is 9.69. The fourth-order valence-corrected chi connectivity index (χ4v) is 3.88. The van der Waals surface area contributed by atoms with Crippen LogP contribution in [0.25, 0.3) is 0 Å². The van der Waals surface area contributed by atoms with Gasteiger partial charge in [0, 0.05) is 37.9 Å². The summed E-state index contributed by atoms with van der Waals surface area (Å²) in [5, 5.41) is 10.7. The minimum atomic E-state index is -0.594. The van der Waals surface area contributed by atoms with Gasteiger partial charge in [-0.05, 0) is 48.9 Å². The lowest BCUT2D eigenvalue weighted by atomic mass is 9.87. The maximum atomic E-state index is 12.7. The zero-order chi connectivity index (χ0) is 19.5. The highest BCUT2D eigenvalue weighted by molar-refractivity contribution is 5.78. The molecule has 0 saturated carbocycles. The summed E-state index contributed by atoms with van der Waals surface area (Å²) >= 11 is 0. The number of ether oxygens (including phenoxy) is 2. The Bertz CT molecular complexity index is 830. The van der Waals surface area contributed by atoms with E-state index in [4.69, 9.17) is 9.47 Å². The summed E-state index contributed by atoms with van der Waals surface area (Å²) in [6.45, 7) is 2.23. The highest BCUT2D eigenvalue weighted by atomic mass is 16.7. The number of β-amino-alcohol motifs (C(OH)–C–C–N with tert-alkyl or cyclic N) is 1. The van der Waals surface area contributed by atoms with E-state index < -0.39 is 6.10 Å². The number of aliphatic hydroxyl groups is 1. The Morgan fingerprint density at radius 2 is 2.04 bits per heavy atom. The van der Waals surface area contributed by atoms with Gasteiger partial charge < -0.3 is 19.5 Å². The number of pyridine rings is 1. The predicted molar refractivity (Wildman–Crippen MR) is 103 cm³/mol. The van der Waals surface area contributed by atoms with Crippen LogP contribution in [0.4, 0.5) is 0 Å². The molecule has 2 aromatic rings. The van der Waals surface area contributed by atoms with Crippen LogP contribution < -0.4 is 9.47 Å². The van der Waals surface area contributed by atoms with Gasteiger partial charge >= 0.3 is 0 Å². The van der Waals surface area contributed by atoms with Crippen molar-refractivity contribution in [2.75, 3.05) is 33.5 Å². The molecule has 1 aromatic carbocycles. The van der Waals surface area contributed by atoms with Gasteiger partial charge in [0.05, 0.1) is 12.6 Å². The number of amides is 1. The molecular weight excluding hydrogens is 358 g/mol. The van der Waals surface area contributed by atoms with Crippen LogP contribution in [-0.2, 0) is 11.3 Å². The van der Waals surface area contributed by atoms with Crippen LogP contribution in [0.15, 0.2) is 42.7 Å². The van der Waals surface area contributed by atoms with Crippen LogP contribution >= 0.6 is 0 Å². The Labute approximate surface area is 164 Å². The quantitative estimate of drug-likeness (QED) is 0.846. The van der Waals surface area contributed by atoms with Crippen LogP contribution in [-0.4, -0.2) is 65.4 Å². The molecule has 28 heavy (non-hydrogen) atoms. The minimum Gasteiger partial charge on any atom is -0.454 e. The van der Waals surface area contributed by atoms with Crippen LogP contribution in [0.3, 0.4) is 0 Å². The largest absolute Gasteiger partial charge is 0.454 e. The number of likely N-dealkylation sites (tertiary alicyclic amines) is 1. The van der Waals surface area contributed by atoms with E-state index in [0.717, 1.165) is 29.0 Å². The smallest absolute Gasteiger partial charge is 0.236 e. The molecule has 1 N–H and O–H groups in total. The topological polar surface area (TPSA) is 75.1 Å². The van der Waals surface area contributed by atoms with E-state index in [1.54, 1.807) is 17.3 Å². The van der Waals surface area contributed by atoms with Gasteiger partial charge in [-0.3, -0.25) is 14.7 Å². The van der Waals surface area contributed by atoms with E-state index in [1.807, 2.05) is 42.3 Å². The van der Waals surface area contributed by atoms with Gasteiger partial charge in [0.2, 0.25) is 12.7 Å². The van der Waals surface area contributed by atoms with Crippen molar-refractivity contribution in [2.45, 2.75) is 25.0 Å². The molecule has 2 aliphatic heterocycles. The van der Waals surface area contributed by atoms with Crippen molar-refractivity contribution in [3.8, 4) is 11.5 Å². The maximum Gasteiger partial charge on any atom is 0.236 e. The molecule has 148 valence electrons. The molecule has 0 unspecified atom stereocenters. The molecule has 0 spiro atoms. The fraction of sp³-hybridized carbons (Fsp3) is 0.429. The third kappa shape index (κ3) is 4.10. The van der Waals surface area contributed by atoms with Gasteiger partial charge in [0.1, 0.15) is 0 Å². The average Bonchev–Trinajstić information content (AvgIpc) is 3.16. The second kappa shape index (κ2) is 8.16. The minimum absolute atomic E-state index is 0.00639. The molecular formula is C21H25N3O4. The van der Waals surface area contributed by atoms with Gasteiger partial charge in [0.15, 0.2) is 11.5 Å². The molecule has 1 amide bonds. The number of benzene rings is 1. The Kier molecular flexibility index (Phi) is 5.45. The number of carbonyl (C=O) groups excluding carboxylic acids is 1. The summed E-state index contributed by atoms with van der Waals surface area (Å²) in [4.78, 5) is 20.4. The second-order valence-corrected chi connectivity index (χ2v) is 7.44. The van der Waals surface area contributed by atoms with E-state index in [1.165, 1.54) is 0 Å². The van der Waals surface area contributed by atoms with Gasteiger partial charge in [-0.2, -0.15) is 0 Å². The van der Waals surface area contributed by atoms with Gasteiger partial charge in [-0.15, -0.1) is 0 Å². The summed E-state index contributed by atoms with van der Waals surface area (Å²) < 4.78 is 10.8. The number of hydrogen-bond donors (Lipinski definition) is 1. The zero-order valence-electron chi connectivity index (χ0n) is 16.0. The summed E-state index contributed by atoms with van der Waals surface area (Å²) in [5.41, 5.74) is 2.14. The molecule has 0 aliphatic carbocycles. The van der Waals surface area contributed by atoms with Crippen molar-refractivity contribution < 1.29 is 19.4 Å². The van der Waals surface area contributed by atoms with Crippen molar-refractivity contribution >= 4 is 5.91 Å². The second-order valence-electron chi connectivity index (χ2n) is 7.44. The Balaban J connectivity index is 1.32. The summed E-state index contributed by atoms with van der Waals surface area (Å²) in [7, 11) is 1.92. The maximum absolute atomic E-state index is 12.7. The Hall–Kier alpha value is -2.64. The third-order valence-electron chi connectivity index (χ3n) is 5.37. The summed E-state index contributed by atoms with van der Waals surface area (Å²) in [6.07, 6.45) is 3.63. The van der Waals surface area contributed by atoms with Gasteiger partial charge in [0.25, 0.3) is 0 Å². The number of piperidine rings is 1. The normalized spacial score (nSPS) is 21.2. The van der Waals surface area contributed by atoms with Crippen molar-refractivity contribution in [2.24, 2.45) is 0 Å². The van der Waals surface area contributed by atoms with E-state index >= 15 is 0 Å². The molecule has 1 aromatic heterocycles. The molecule has 1 fully saturated rings. The van der Waals surface area contributed by atoms with E-state index in [2.05, 4.69) is 4.98 Å². The number of aliphatic hydroxyl groups excluding tert-OH is 1. The molecule has 4 rings (SSSR count). The third-order valence-corrected chi connectivity index (χ3v) is 5.37. The Morgan fingerprint density at radius 1 is 1.25 bits per heavy atom. The Morgan fingerprint density at radius 3 is 2.82 bits per heavy atom. The number of fused-ring (bicyclic) bond motifs is 1.